The van der Waals surface area contributed by atoms with E-state index in [1.54, 1.807) is 7.11 Å². The van der Waals surface area contributed by atoms with Gasteiger partial charge in [-0.1, -0.05) is 6.92 Å². The predicted octanol–water partition coefficient (Wildman–Crippen LogP) is 3.34. The molecule has 242 valence electrons. The fourth-order valence-electron chi connectivity index (χ4n) is 8.28. The average Bonchev–Trinajstić information content (AvgIpc) is 3.30. The molecule has 3 aliphatic carbocycles. The Morgan fingerprint density at radius 2 is 1.55 bits per heavy atom. The highest BCUT2D eigenvalue weighted by atomic mass is 16.7. The molecule has 1 unspecified atom stereocenters. The van der Waals surface area contributed by atoms with Crippen molar-refractivity contribution < 1.29 is 57.4 Å². The molecule has 0 amide bonds. The van der Waals surface area contributed by atoms with Crippen LogP contribution in [0.15, 0.2) is 12.1 Å². The summed E-state index contributed by atoms with van der Waals surface area (Å²) in [6, 6.07) is 3.81. The summed E-state index contributed by atoms with van der Waals surface area (Å²) in [7, 11) is 2.71. The van der Waals surface area contributed by atoms with Crippen molar-refractivity contribution in [3.63, 3.8) is 0 Å². The number of phenolic OH excluding ortho intramolecular Hbond substituents is 1. The van der Waals surface area contributed by atoms with E-state index in [-0.39, 0.29) is 17.3 Å². The minimum absolute atomic E-state index is 0.155. The van der Waals surface area contributed by atoms with E-state index in [0.29, 0.717) is 29.9 Å². The molecule has 2 saturated carbocycles. The molecule has 0 bridgehead atoms. The van der Waals surface area contributed by atoms with Gasteiger partial charge in [0.15, 0.2) is 42.2 Å². The topological polar surface area (TPSA) is 153 Å². The monoisotopic (exact) mass is 618 g/mol. The summed E-state index contributed by atoms with van der Waals surface area (Å²) < 4.78 is 39.5. The zero-order valence-electron chi connectivity index (χ0n) is 26.0. The van der Waals surface area contributed by atoms with Crippen molar-refractivity contribution >= 4 is 23.9 Å². The van der Waals surface area contributed by atoms with Gasteiger partial charge in [-0.2, -0.15) is 0 Å². The molecule has 5 rings (SSSR count). The number of aryl methyl sites for hydroxylation is 1. The van der Waals surface area contributed by atoms with Gasteiger partial charge in [-0.3, -0.25) is 14.4 Å². The third-order valence-electron chi connectivity index (χ3n) is 10.1. The minimum atomic E-state index is -1.49. The SMILES string of the molecule is COC(=O)[C@@H]1OC(O[C@H]2CC[C@H]3[C@@H]4CCc5cc(O)c(OC)cc5[C@H]4CC[C@]23C)[C@@H](OC(C)=O)[C@H](OC(C)=O)[C@H]1OC(C)=O. The molecule has 1 aromatic rings. The van der Waals surface area contributed by atoms with Crippen LogP contribution in [0.5, 0.6) is 11.5 Å². The maximum absolute atomic E-state index is 12.9. The van der Waals surface area contributed by atoms with Crippen LogP contribution in [0, 0.1) is 17.3 Å². The van der Waals surface area contributed by atoms with Crippen LogP contribution in [-0.2, 0) is 54.0 Å². The number of rotatable bonds is 7. The quantitative estimate of drug-likeness (QED) is 0.352. The Labute approximate surface area is 256 Å². The average molecular weight is 619 g/mol. The molecular weight excluding hydrogens is 576 g/mol. The number of aromatic hydroxyl groups is 1. The molecule has 1 saturated heterocycles. The number of hydrogen-bond acceptors (Lipinski definition) is 12. The number of carbonyl (C=O) groups is 4. The van der Waals surface area contributed by atoms with E-state index in [4.69, 9.17) is 33.2 Å². The first kappa shape index (κ1) is 32.0. The minimum Gasteiger partial charge on any atom is -0.504 e. The van der Waals surface area contributed by atoms with Gasteiger partial charge in [0.05, 0.1) is 20.3 Å². The van der Waals surface area contributed by atoms with Crippen molar-refractivity contribution in [2.45, 2.75) is 109 Å². The standard InChI is InChI=1S/C32H42O12/c1-15(33)40-26-27(41-16(2)34)29(42-17(3)35)31(44-28(26)30(37)39-6)43-25-10-9-22-20-8-7-18-13-23(36)24(38-5)14-21(18)19(20)11-12-32(22,25)4/h13-14,19-20,22,25-29,31,36H,7-12H2,1-6H3/t19-,20+,22-,25-,26+,27+,28+,29-,31?,32-/m0/s1. The molecule has 12 nitrogen and oxygen atoms in total. The van der Waals surface area contributed by atoms with Gasteiger partial charge in [-0.15, -0.1) is 0 Å². The summed E-state index contributed by atoms with van der Waals surface area (Å²) >= 11 is 0. The Balaban J connectivity index is 1.43. The highest BCUT2D eigenvalue weighted by Gasteiger charge is 2.60. The maximum Gasteiger partial charge on any atom is 0.339 e. The van der Waals surface area contributed by atoms with E-state index < -0.39 is 54.6 Å². The summed E-state index contributed by atoms with van der Waals surface area (Å²) in [5.41, 5.74) is 2.13. The highest BCUT2D eigenvalue weighted by Crippen LogP contribution is 2.62. The Morgan fingerprint density at radius 1 is 0.886 bits per heavy atom. The van der Waals surface area contributed by atoms with Crippen LogP contribution in [0.4, 0.5) is 0 Å². The van der Waals surface area contributed by atoms with Crippen molar-refractivity contribution in [1.82, 2.24) is 0 Å². The lowest BCUT2D eigenvalue weighted by Gasteiger charge is -2.51. The van der Waals surface area contributed by atoms with Gasteiger partial charge in [0.2, 0.25) is 0 Å². The summed E-state index contributed by atoms with van der Waals surface area (Å²) in [5, 5.41) is 10.3. The normalized spacial score (nSPS) is 35.7. The highest BCUT2D eigenvalue weighted by molar-refractivity contribution is 5.77. The molecule has 0 spiro atoms. The van der Waals surface area contributed by atoms with Crippen LogP contribution >= 0.6 is 0 Å². The van der Waals surface area contributed by atoms with Crippen molar-refractivity contribution in [2.75, 3.05) is 14.2 Å². The summed E-state index contributed by atoms with van der Waals surface area (Å²) in [4.78, 5) is 49.3. The molecule has 1 N–H and O–H groups in total. The Morgan fingerprint density at radius 3 is 2.18 bits per heavy atom. The van der Waals surface area contributed by atoms with Crippen molar-refractivity contribution in [3.05, 3.63) is 23.3 Å². The lowest BCUT2D eigenvalue weighted by atomic mass is 9.55. The van der Waals surface area contributed by atoms with Gasteiger partial charge in [-0.05, 0) is 85.0 Å². The van der Waals surface area contributed by atoms with E-state index in [9.17, 15) is 24.3 Å². The van der Waals surface area contributed by atoms with Crippen LogP contribution in [0.2, 0.25) is 0 Å². The van der Waals surface area contributed by atoms with E-state index in [0.717, 1.165) is 58.6 Å². The van der Waals surface area contributed by atoms with Crippen LogP contribution in [0.1, 0.15) is 76.8 Å². The molecule has 0 aromatic heterocycles. The first-order valence-electron chi connectivity index (χ1n) is 15.2. The number of hydrogen-bond donors (Lipinski definition) is 1. The van der Waals surface area contributed by atoms with Gasteiger partial charge in [0, 0.05) is 20.8 Å². The van der Waals surface area contributed by atoms with Gasteiger partial charge in [-0.25, -0.2) is 4.79 Å². The predicted molar refractivity (Wildman–Crippen MR) is 151 cm³/mol. The van der Waals surface area contributed by atoms with Crippen LogP contribution < -0.4 is 4.74 Å². The number of benzene rings is 1. The Kier molecular flexibility index (Phi) is 9.13. The molecular formula is C32H42O12. The molecule has 0 radical (unpaired) electrons. The van der Waals surface area contributed by atoms with Crippen LogP contribution in [-0.4, -0.2) is 80.0 Å². The third-order valence-corrected chi connectivity index (χ3v) is 10.1. The maximum atomic E-state index is 12.9. The van der Waals surface area contributed by atoms with Crippen LogP contribution in [0.25, 0.3) is 0 Å². The zero-order chi connectivity index (χ0) is 31.9. The third kappa shape index (κ3) is 5.85. The molecule has 3 fully saturated rings. The smallest absolute Gasteiger partial charge is 0.339 e. The van der Waals surface area contributed by atoms with E-state index in [1.165, 1.54) is 12.5 Å². The fourth-order valence-corrected chi connectivity index (χ4v) is 8.28. The molecule has 1 heterocycles. The van der Waals surface area contributed by atoms with Crippen molar-refractivity contribution in [2.24, 2.45) is 17.3 Å². The number of phenols is 1. The molecule has 44 heavy (non-hydrogen) atoms. The Hall–Kier alpha value is -3.38. The number of methoxy groups -OCH3 is 2. The fraction of sp³-hybridized carbons (Fsp3) is 0.688. The summed E-state index contributed by atoms with van der Waals surface area (Å²) in [6.45, 7) is 5.71. The zero-order valence-corrected chi connectivity index (χ0v) is 26.0. The molecule has 12 heteroatoms. The van der Waals surface area contributed by atoms with Crippen LogP contribution in [0.3, 0.4) is 0 Å². The first-order chi connectivity index (χ1) is 20.9. The number of esters is 4. The van der Waals surface area contributed by atoms with Gasteiger partial charge >= 0.3 is 23.9 Å². The first-order valence-corrected chi connectivity index (χ1v) is 15.2. The second-order valence-electron chi connectivity index (χ2n) is 12.6. The molecule has 1 aliphatic heterocycles. The second-order valence-corrected chi connectivity index (χ2v) is 12.6. The number of fused-ring (bicyclic) bond motifs is 5. The van der Waals surface area contributed by atoms with Gasteiger partial charge in [0.25, 0.3) is 0 Å². The van der Waals surface area contributed by atoms with E-state index in [2.05, 4.69) is 6.92 Å². The molecule has 1 aromatic carbocycles. The molecule has 10 atom stereocenters. The van der Waals surface area contributed by atoms with Crippen molar-refractivity contribution in [3.8, 4) is 11.5 Å². The largest absolute Gasteiger partial charge is 0.504 e. The van der Waals surface area contributed by atoms with E-state index in [1.807, 2.05) is 12.1 Å². The lowest BCUT2D eigenvalue weighted by Crippen LogP contribution is -2.64. The summed E-state index contributed by atoms with van der Waals surface area (Å²) in [6.07, 6.45) is -2.06. The van der Waals surface area contributed by atoms with Gasteiger partial charge in [0.1, 0.15) is 0 Å². The Bertz CT molecular complexity index is 1290. The van der Waals surface area contributed by atoms with Gasteiger partial charge < -0.3 is 38.3 Å². The number of ether oxygens (including phenoxy) is 7. The van der Waals surface area contributed by atoms with E-state index >= 15 is 0 Å². The molecule has 4 aliphatic rings. The second kappa shape index (κ2) is 12.5. The lowest BCUT2D eigenvalue weighted by molar-refractivity contribution is -0.317. The number of carbonyl (C=O) groups excluding carboxylic acids is 4. The summed E-state index contributed by atoms with van der Waals surface area (Å²) in [5.74, 6) is -1.37. The van der Waals surface area contributed by atoms with Crippen molar-refractivity contribution in [1.29, 1.82) is 0 Å².